The molecule has 0 unspecified atom stereocenters. The molecule has 0 aliphatic heterocycles. The Balaban J connectivity index is 1.96. The number of amides is 3. The summed E-state index contributed by atoms with van der Waals surface area (Å²) in [5.41, 5.74) is 4.82. The molecule has 0 saturated carbocycles. The highest BCUT2D eigenvalue weighted by atomic mass is 32.2. The zero-order valence-corrected chi connectivity index (χ0v) is 16.6. The highest BCUT2D eigenvalue weighted by molar-refractivity contribution is 7.86. The zero-order chi connectivity index (χ0) is 21.8. The van der Waals surface area contributed by atoms with Gasteiger partial charge in [-0.25, -0.2) is 5.14 Å². The van der Waals surface area contributed by atoms with E-state index in [9.17, 15) is 27.9 Å². The second-order valence-electron chi connectivity index (χ2n) is 5.49. The number of nitrogens with two attached hydrogens (primary N) is 1. The molecular weight excluding hydrogens is 428 g/mol. The molecule has 0 bridgehead atoms. The molecule has 0 spiro atoms. The van der Waals surface area contributed by atoms with Crippen molar-refractivity contribution in [2.75, 3.05) is 17.7 Å². The molecule has 2 rings (SSSR count). The topological polar surface area (TPSA) is 218 Å². The normalized spacial score (nSPS) is 11.0. The Hall–Kier alpha value is -3.30. The van der Waals surface area contributed by atoms with Crippen molar-refractivity contribution in [1.29, 1.82) is 0 Å². The fraction of sp³-hybridized carbons (Fsp3) is 0.214. The quantitative estimate of drug-likeness (QED) is 0.239. The molecule has 29 heavy (non-hydrogen) atoms. The molecule has 0 aliphatic carbocycles. The van der Waals surface area contributed by atoms with Crippen LogP contribution in [0, 0.1) is 0 Å². The lowest BCUT2D eigenvalue weighted by molar-refractivity contribution is -0.165. The van der Waals surface area contributed by atoms with E-state index in [1.165, 1.54) is 19.2 Å². The van der Waals surface area contributed by atoms with E-state index >= 15 is 0 Å². The minimum Gasteiger partial charge on any atom is -0.505 e. The number of primary amides is 1. The van der Waals surface area contributed by atoms with Gasteiger partial charge in [0.2, 0.25) is 16.9 Å². The molecule has 156 valence electrons. The number of sulfonamides is 1. The number of methoxy groups -OCH3 is 1. The third-order valence-electron chi connectivity index (χ3n) is 3.38. The van der Waals surface area contributed by atoms with E-state index in [4.69, 9.17) is 10.5 Å². The molecule has 0 aliphatic rings. The molecule has 0 saturated heterocycles. The fourth-order valence-electron chi connectivity index (χ4n) is 2.09. The minimum atomic E-state index is -3.78. The van der Waals surface area contributed by atoms with E-state index in [0.29, 0.717) is 11.3 Å². The van der Waals surface area contributed by atoms with Gasteiger partial charge in [0.15, 0.2) is 5.75 Å². The van der Waals surface area contributed by atoms with Crippen molar-refractivity contribution in [2.45, 2.75) is 17.2 Å². The number of rotatable bonds is 8. The number of benzene rings is 1. The standard InChI is InChI=1S/C14H16N6O7S2/c1-27-7-3-2-6(11(23)10(7)12(15)24)17-8(21)4-5-9(22)18-13-19-20-14(28-13)29(16,25)26/h2-3,23H,4-5H2,1H3,(H2,15,24)(H,17,21)(H2,16,25,26)(H,18,19,22)/p+1. The second kappa shape index (κ2) is 8.80. The number of carbonyl (C=O) groups excluding carboxylic acids is 3. The van der Waals surface area contributed by atoms with Crippen molar-refractivity contribution < 1.29 is 37.8 Å². The molecule has 3 amide bonds. The molecule has 13 nitrogen and oxygen atoms in total. The van der Waals surface area contributed by atoms with Crippen LogP contribution in [-0.4, -0.2) is 48.6 Å². The Morgan fingerprint density at radius 3 is 2.34 bits per heavy atom. The van der Waals surface area contributed by atoms with Gasteiger partial charge in [0.1, 0.15) is 11.3 Å². The summed E-state index contributed by atoms with van der Waals surface area (Å²) in [6.07, 6.45) is -0.542. The highest BCUT2D eigenvalue weighted by Gasteiger charge is 2.21. The van der Waals surface area contributed by atoms with Crippen molar-refractivity contribution in [1.82, 2.24) is 10.2 Å². The van der Waals surface area contributed by atoms with Gasteiger partial charge < -0.3 is 26.2 Å². The number of carbonyl (C=O) groups is 3. The summed E-state index contributed by atoms with van der Waals surface area (Å²) in [6, 6.07) is 2.65. The van der Waals surface area contributed by atoms with Crippen molar-refractivity contribution in [2.24, 2.45) is 5.73 Å². The van der Waals surface area contributed by atoms with Crippen LogP contribution in [0.25, 0.3) is 0 Å². The maximum absolute atomic E-state index is 12.0. The van der Waals surface area contributed by atoms with Crippen LogP contribution in [0.15, 0.2) is 16.5 Å². The van der Waals surface area contributed by atoms with Crippen LogP contribution >= 0.6 is 11.3 Å². The summed E-state index contributed by atoms with van der Waals surface area (Å²) in [5, 5.41) is 24.5. The second-order valence-corrected chi connectivity index (χ2v) is 8.34. The van der Waals surface area contributed by atoms with Gasteiger partial charge in [-0.05, 0) is 12.1 Å². The van der Waals surface area contributed by atoms with Gasteiger partial charge in [0, 0.05) is 12.8 Å². The summed E-state index contributed by atoms with van der Waals surface area (Å²) < 4.78 is 27.0. The summed E-state index contributed by atoms with van der Waals surface area (Å²) in [6.45, 7) is 0. The number of hydrogen-bond acceptors (Lipinski definition) is 10. The van der Waals surface area contributed by atoms with Gasteiger partial charge in [-0.3, -0.25) is 14.4 Å². The van der Waals surface area contributed by atoms with Crippen LogP contribution in [0.5, 0.6) is 11.5 Å². The van der Waals surface area contributed by atoms with E-state index < -0.39 is 33.5 Å². The number of aromatic hydroxyl groups is 1. The SMILES string of the molecule is COc1ccc(NC(=O)CCC(=O)Nc2nnc(S([NH3+])(=O)=O)s2)c(O)c1C(N)=O. The summed E-state index contributed by atoms with van der Waals surface area (Å²) >= 11 is 0.621. The maximum Gasteiger partial charge on any atom is 0.351 e. The van der Waals surface area contributed by atoms with Crippen LogP contribution in [0.3, 0.4) is 0 Å². The fourth-order valence-corrected chi connectivity index (χ4v) is 3.49. The molecule has 1 aromatic heterocycles. The highest BCUT2D eigenvalue weighted by Crippen LogP contribution is 2.34. The molecule has 1 aromatic carbocycles. The largest absolute Gasteiger partial charge is 0.505 e. The molecular formula is C14H17N6O7S2+. The Labute approximate surface area is 168 Å². The lowest BCUT2D eigenvalue weighted by Crippen LogP contribution is -2.56. The Morgan fingerprint density at radius 1 is 1.21 bits per heavy atom. The molecule has 15 heteroatoms. The van der Waals surface area contributed by atoms with Crippen LogP contribution < -0.4 is 26.2 Å². The Bertz CT molecular complexity index is 1070. The zero-order valence-electron chi connectivity index (χ0n) is 15.0. The first-order valence-electron chi connectivity index (χ1n) is 7.74. The van der Waals surface area contributed by atoms with E-state index in [-0.39, 0.29) is 39.3 Å². The van der Waals surface area contributed by atoms with Crippen molar-refractivity contribution in [3.8, 4) is 11.5 Å². The first kappa shape index (κ1) is 22.0. The summed E-state index contributed by atoms with van der Waals surface area (Å²) in [5.74, 6) is -2.72. The van der Waals surface area contributed by atoms with E-state index in [1.807, 2.05) is 0 Å². The van der Waals surface area contributed by atoms with Gasteiger partial charge in [0.25, 0.3) is 10.2 Å². The van der Waals surface area contributed by atoms with Crippen LogP contribution in [0.2, 0.25) is 0 Å². The molecule has 0 atom stereocenters. The van der Waals surface area contributed by atoms with Gasteiger partial charge in [-0.1, -0.05) is 11.3 Å². The van der Waals surface area contributed by atoms with Crippen LogP contribution in [-0.2, 0) is 19.6 Å². The summed E-state index contributed by atoms with van der Waals surface area (Å²) in [7, 11) is -2.50. The number of quaternary nitrogens is 1. The van der Waals surface area contributed by atoms with Crippen molar-refractivity contribution >= 4 is 49.9 Å². The monoisotopic (exact) mass is 445 g/mol. The Morgan fingerprint density at radius 2 is 1.83 bits per heavy atom. The van der Waals surface area contributed by atoms with Gasteiger partial charge in [-0.15, -0.1) is 10.2 Å². The smallest absolute Gasteiger partial charge is 0.351 e. The number of nitrogens with zero attached hydrogens (tertiary/aromatic N) is 2. The van der Waals surface area contributed by atoms with Gasteiger partial charge in [0.05, 0.1) is 12.8 Å². The van der Waals surface area contributed by atoms with Crippen LogP contribution in [0.1, 0.15) is 23.2 Å². The first-order valence-corrected chi connectivity index (χ1v) is 10.2. The van der Waals surface area contributed by atoms with Crippen molar-refractivity contribution in [3.63, 3.8) is 0 Å². The number of nitrogens with one attached hydrogen (secondary N) is 2. The predicted octanol–water partition coefficient (Wildman–Crippen LogP) is -1.36. The van der Waals surface area contributed by atoms with Crippen LogP contribution in [0.4, 0.5) is 10.8 Å². The maximum atomic E-state index is 12.0. The van der Waals surface area contributed by atoms with E-state index in [0.717, 1.165) is 0 Å². The number of ether oxygens (including phenoxy) is 1. The average Bonchev–Trinajstić information content (AvgIpc) is 3.10. The average molecular weight is 445 g/mol. The molecule has 0 fully saturated rings. The molecule has 1 heterocycles. The van der Waals surface area contributed by atoms with Crippen molar-refractivity contribution in [3.05, 3.63) is 17.7 Å². The number of hydrogen-bond donors (Lipinski definition) is 5. The number of phenols is 1. The summed E-state index contributed by atoms with van der Waals surface area (Å²) in [4.78, 5) is 35.4. The predicted molar refractivity (Wildman–Crippen MR) is 99.7 cm³/mol. The molecule has 8 N–H and O–H groups in total. The minimum absolute atomic E-state index is 0.0353. The molecule has 0 radical (unpaired) electrons. The van der Waals surface area contributed by atoms with E-state index in [1.54, 1.807) is 0 Å². The lowest BCUT2D eigenvalue weighted by Gasteiger charge is -2.12. The third-order valence-corrected chi connectivity index (χ3v) is 5.64. The van der Waals surface area contributed by atoms with Gasteiger partial charge in [-0.2, -0.15) is 8.42 Å². The number of anilines is 2. The lowest BCUT2D eigenvalue weighted by atomic mass is 10.1. The first-order chi connectivity index (χ1) is 13.5. The van der Waals surface area contributed by atoms with E-state index in [2.05, 4.69) is 26.0 Å². The Kier molecular flexibility index (Phi) is 6.68. The molecule has 2 aromatic rings. The van der Waals surface area contributed by atoms with Gasteiger partial charge >= 0.3 is 10.0 Å². The number of aromatic nitrogens is 2. The third kappa shape index (κ3) is 5.59.